The lowest BCUT2D eigenvalue weighted by Crippen LogP contribution is -2.45. The van der Waals surface area contributed by atoms with Gasteiger partial charge in [-0.2, -0.15) is 0 Å². The highest BCUT2D eigenvalue weighted by molar-refractivity contribution is 7.91. The first-order valence-electron chi connectivity index (χ1n) is 13.8. The molecular weight excluding hydrogens is 563 g/mol. The number of benzene rings is 1. The van der Waals surface area contributed by atoms with E-state index < -0.39 is 33.5 Å². The van der Waals surface area contributed by atoms with Crippen molar-refractivity contribution in [2.24, 2.45) is 0 Å². The lowest BCUT2D eigenvalue weighted by atomic mass is 9.92. The number of ether oxygens (including phenoxy) is 2. The summed E-state index contributed by atoms with van der Waals surface area (Å²) in [6, 6.07) is 6.96. The zero-order valence-corrected chi connectivity index (χ0v) is 25.5. The molecule has 3 heterocycles. The summed E-state index contributed by atoms with van der Waals surface area (Å²) < 4.78 is 55.6. The second-order valence-corrected chi connectivity index (χ2v) is 13.6. The van der Waals surface area contributed by atoms with Gasteiger partial charge in [0.05, 0.1) is 29.8 Å². The number of nitrogens with zero attached hydrogens (tertiary/aromatic N) is 3. The molecule has 3 aromatic rings. The zero-order chi connectivity index (χ0) is 30.9. The quantitative estimate of drug-likeness (QED) is 0.286. The van der Waals surface area contributed by atoms with Crippen LogP contribution in [0.5, 0.6) is 0 Å². The number of carboxylic acid groups (broad SMARTS) is 1. The maximum atomic E-state index is 13.3. The molecule has 1 saturated heterocycles. The van der Waals surface area contributed by atoms with Gasteiger partial charge in [-0.1, -0.05) is 18.2 Å². The first-order valence-corrected chi connectivity index (χ1v) is 15.4. The molecule has 0 aliphatic carbocycles. The van der Waals surface area contributed by atoms with Crippen molar-refractivity contribution in [2.45, 2.75) is 70.5 Å². The van der Waals surface area contributed by atoms with Crippen LogP contribution in [-0.2, 0) is 30.0 Å². The molecule has 1 fully saturated rings. The minimum atomic E-state index is -3.89. The van der Waals surface area contributed by atoms with Gasteiger partial charge in [0.1, 0.15) is 17.3 Å². The predicted octanol–water partition coefficient (Wildman–Crippen LogP) is 5.23. The van der Waals surface area contributed by atoms with Gasteiger partial charge in [0.25, 0.3) is 0 Å². The fraction of sp³-hybridized carbons (Fsp3) is 0.467. The topological polar surface area (TPSA) is 122 Å². The molecule has 0 radical (unpaired) electrons. The number of hydrogen-bond acceptors (Lipinski definition) is 7. The lowest BCUT2D eigenvalue weighted by molar-refractivity contribution is -0.160. The minimum Gasteiger partial charge on any atom is -0.479 e. The van der Waals surface area contributed by atoms with Crippen LogP contribution in [0.3, 0.4) is 0 Å². The molecule has 0 saturated carbocycles. The summed E-state index contributed by atoms with van der Waals surface area (Å²) in [4.78, 5) is 19.2. The van der Waals surface area contributed by atoms with Crippen LogP contribution >= 0.6 is 0 Å². The zero-order valence-electron chi connectivity index (χ0n) is 24.7. The number of rotatable bonds is 11. The Balaban J connectivity index is 1.77. The van der Waals surface area contributed by atoms with Gasteiger partial charge in [0.15, 0.2) is 11.9 Å². The number of fused-ring (bicyclic) bond motifs is 1. The molecule has 0 bridgehead atoms. The summed E-state index contributed by atoms with van der Waals surface area (Å²) in [5.74, 6) is -1.30. The fourth-order valence-electron chi connectivity index (χ4n) is 5.12. The molecular formula is C30H39FN4O6S. The third-order valence-corrected chi connectivity index (χ3v) is 8.36. The van der Waals surface area contributed by atoms with Gasteiger partial charge in [0.2, 0.25) is 10.0 Å². The first-order chi connectivity index (χ1) is 19.6. The number of sulfonamides is 1. The van der Waals surface area contributed by atoms with Crippen LogP contribution in [0.4, 0.5) is 16.0 Å². The van der Waals surface area contributed by atoms with E-state index in [4.69, 9.17) is 9.47 Å². The van der Waals surface area contributed by atoms with E-state index in [1.54, 1.807) is 50.4 Å². The highest BCUT2D eigenvalue weighted by Crippen LogP contribution is 2.39. The highest BCUT2D eigenvalue weighted by atomic mass is 32.2. The van der Waals surface area contributed by atoms with E-state index in [1.165, 1.54) is 24.3 Å². The molecule has 228 valence electrons. The number of carbonyl (C=O) groups is 1. The largest absolute Gasteiger partial charge is 0.479 e. The van der Waals surface area contributed by atoms with Crippen molar-refractivity contribution in [1.29, 1.82) is 0 Å². The Bertz CT molecular complexity index is 1560. The third-order valence-electron chi connectivity index (χ3n) is 7.13. The molecule has 1 aliphatic heterocycles. The van der Waals surface area contributed by atoms with E-state index >= 15 is 0 Å². The molecule has 10 nitrogen and oxygen atoms in total. The summed E-state index contributed by atoms with van der Waals surface area (Å²) in [6.45, 7) is 14.5. The van der Waals surface area contributed by atoms with Crippen LogP contribution < -0.4 is 9.62 Å². The normalized spacial score (nSPS) is 16.4. The SMILES string of the molecule is C=CCOC1(C)CCN(c2c(C(OC(C)(C)C)C(=O)O)c(C)cc3nc(NS(=O)(=O)Cc4ccc(F)cc4)cn23)CC1. The van der Waals surface area contributed by atoms with Crippen molar-refractivity contribution in [2.75, 3.05) is 29.3 Å². The Labute approximate surface area is 246 Å². The molecule has 1 aliphatic rings. The van der Waals surface area contributed by atoms with Crippen molar-refractivity contribution >= 4 is 33.3 Å². The number of aryl methyl sites for hydroxylation is 1. The summed E-state index contributed by atoms with van der Waals surface area (Å²) >= 11 is 0. The third kappa shape index (κ3) is 7.47. The maximum absolute atomic E-state index is 13.3. The van der Waals surface area contributed by atoms with Gasteiger partial charge >= 0.3 is 5.97 Å². The fourth-order valence-corrected chi connectivity index (χ4v) is 6.24. The lowest BCUT2D eigenvalue weighted by Gasteiger charge is -2.41. The van der Waals surface area contributed by atoms with E-state index in [0.29, 0.717) is 60.7 Å². The standard InChI is InChI=1S/C30H39FN4O6S/c1-7-16-40-30(6)12-14-34(15-13-30)27-25(26(28(36)37)41-29(3,4)5)20(2)17-24-32-23(18-35(24)27)33-42(38,39)19-21-8-10-22(31)11-9-21/h7-11,17-18,26,33H,1,12-16,19H2,2-6H3,(H,36,37). The second kappa shape index (κ2) is 12.0. The van der Waals surface area contributed by atoms with Crippen LogP contribution in [0.2, 0.25) is 0 Å². The van der Waals surface area contributed by atoms with Gasteiger partial charge < -0.3 is 19.5 Å². The van der Waals surface area contributed by atoms with Crippen LogP contribution in [0, 0.1) is 12.7 Å². The summed E-state index contributed by atoms with van der Waals surface area (Å²) in [5.41, 5.74) is 0.872. The van der Waals surface area contributed by atoms with Crippen molar-refractivity contribution in [1.82, 2.24) is 9.38 Å². The molecule has 0 spiro atoms. The van der Waals surface area contributed by atoms with Crippen molar-refractivity contribution in [3.05, 3.63) is 71.7 Å². The average Bonchev–Trinajstić information content (AvgIpc) is 3.27. The first kappa shape index (κ1) is 31.5. The maximum Gasteiger partial charge on any atom is 0.337 e. The summed E-state index contributed by atoms with van der Waals surface area (Å²) in [7, 11) is -3.89. The number of piperidine rings is 1. The Morgan fingerprint density at radius 2 is 1.90 bits per heavy atom. The predicted molar refractivity (Wildman–Crippen MR) is 160 cm³/mol. The molecule has 42 heavy (non-hydrogen) atoms. The van der Waals surface area contributed by atoms with Gasteiger partial charge in [0, 0.05) is 18.7 Å². The van der Waals surface area contributed by atoms with E-state index in [-0.39, 0.29) is 17.2 Å². The summed E-state index contributed by atoms with van der Waals surface area (Å²) in [5, 5.41) is 10.3. The number of carboxylic acids is 1. The molecule has 1 aromatic carbocycles. The van der Waals surface area contributed by atoms with Gasteiger partial charge in [-0.25, -0.2) is 22.6 Å². The number of aromatic nitrogens is 2. The van der Waals surface area contributed by atoms with Crippen LogP contribution in [-0.4, -0.2) is 59.8 Å². The molecule has 4 rings (SSSR count). The smallest absolute Gasteiger partial charge is 0.337 e. The Morgan fingerprint density at radius 3 is 2.48 bits per heavy atom. The van der Waals surface area contributed by atoms with Crippen LogP contribution in [0.25, 0.3) is 5.65 Å². The number of nitrogens with one attached hydrogen (secondary N) is 1. The molecule has 1 atom stereocenters. The molecule has 0 amide bonds. The molecule has 2 N–H and O–H groups in total. The number of aliphatic carboxylic acids is 1. The molecule has 1 unspecified atom stereocenters. The number of anilines is 2. The highest BCUT2D eigenvalue weighted by Gasteiger charge is 2.37. The van der Waals surface area contributed by atoms with E-state index in [2.05, 4.69) is 28.1 Å². The monoisotopic (exact) mass is 602 g/mol. The Morgan fingerprint density at radius 1 is 1.26 bits per heavy atom. The number of halogens is 1. The molecule has 12 heteroatoms. The van der Waals surface area contributed by atoms with Crippen LogP contribution in [0.15, 0.2) is 49.2 Å². The minimum absolute atomic E-state index is 0.0784. The van der Waals surface area contributed by atoms with Gasteiger partial charge in [-0.05, 0) is 76.8 Å². The second-order valence-electron chi connectivity index (χ2n) is 11.9. The average molecular weight is 603 g/mol. The number of imidazole rings is 1. The Hall–Kier alpha value is -3.48. The number of pyridine rings is 1. The van der Waals surface area contributed by atoms with Crippen molar-refractivity contribution in [3.8, 4) is 0 Å². The van der Waals surface area contributed by atoms with E-state index in [9.17, 15) is 22.7 Å². The van der Waals surface area contributed by atoms with Gasteiger partial charge in [-0.3, -0.25) is 9.12 Å². The summed E-state index contributed by atoms with van der Waals surface area (Å²) in [6.07, 6.45) is 3.34. The van der Waals surface area contributed by atoms with Crippen molar-refractivity contribution in [3.63, 3.8) is 0 Å². The van der Waals surface area contributed by atoms with E-state index in [0.717, 1.165) is 0 Å². The number of hydrogen-bond donors (Lipinski definition) is 2. The van der Waals surface area contributed by atoms with E-state index in [1.807, 2.05) is 0 Å². The van der Waals surface area contributed by atoms with Crippen LogP contribution in [0.1, 0.15) is 63.3 Å². The van der Waals surface area contributed by atoms with Gasteiger partial charge in [-0.15, -0.1) is 6.58 Å². The van der Waals surface area contributed by atoms with Crippen molar-refractivity contribution < 1.29 is 32.2 Å². The molecule has 2 aromatic heterocycles. The Kier molecular flexibility index (Phi) is 9.00.